The molecule has 0 N–H and O–H groups in total. The van der Waals surface area contributed by atoms with Gasteiger partial charge in [0, 0.05) is 12.1 Å². The lowest BCUT2D eigenvalue weighted by atomic mass is 10.1. The second kappa shape index (κ2) is 5.60. The van der Waals surface area contributed by atoms with E-state index >= 15 is 0 Å². The monoisotopic (exact) mass is 286 g/mol. The van der Waals surface area contributed by atoms with E-state index in [0.717, 1.165) is 29.0 Å². The van der Waals surface area contributed by atoms with Gasteiger partial charge in [0.2, 0.25) is 0 Å². The van der Waals surface area contributed by atoms with Crippen molar-refractivity contribution in [3.63, 3.8) is 0 Å². The van der Waals surface area contributed by atoms with E-state index < -0.39 is 0 Å². The van der Waals surface area contributed by atoms with Crippen molar-refractivity contribution in [2.45, 2.75) is 26.8 Å². The highest BCUT2D eigenvalue weighted by molar-refractivity contribution is 5.78. The summed E-state index contributed by atoms with van der Waals surface area (Å²) in [6.45, 7) is 5.16. The third-order valence-electron chi connectivity index (χ3n) is 3.77. The summed E-state index contributed by atoms with van der Waals surface area (Å²) in [5, 5.41) is 3.95. The van der Waals surface area contributed by atoms with Crippen LogP contribution in [-0.2, 0) is 17.8 Å². The molecule has 3 rings (SSSR count). The molecule has 0 unspecified atom stereocenters. The molecule has 0 radical (unpaired) electrons. The zero-order valence-corrected chi connectivity index (χ0v) is 12.3. The van der Waals surface area contributed by atoms with Crippen LogP contribution in [0.5, 0.6) is 5.75 Å². The number of benzene rings is 1. The van der Waals surface area contributed by atoms with Gasteiger partial charge in [0.25, 0.3) is 5.91 Å². The van der Waals surface area contributed by atoms with Crippen molar-refractivity contribution in [3.8, 4) is 5.75 Å². The van der Waals surface area contributed by atoms with Crippen molar-refractivity contribution in [1.82, 2.24) is 10.1 Å². The van der Waals surface area contributed by atoms with E-state index in [0.29, 0.717) is 18.8 Å². The van der Waals surface area contributed by atoms with Crippen molar-refractivity contribution in [2.24, 2.45) is 0 Å². The Kier molecular flexibility index (Phi) is 3.64. The molecular weight excluding hydrogens is 268 g/mol. The van der Waals surface area contributed by atoms with E-state index in [1.54, 1.807) is 4.90 Å². The van der Waals surface area contributed by atoms with E-state index in [9.17, 15) is 4.79 Å². The number of amides is 1. The quantitative estimate of drug-likeness (QED) is 0.868. The van der Waals surface area contributed by atoms with Crippen LogP contribution in [0.2, 0.25) is 0 Å². The van der Waals surface area contributed by atoms with Crippen molar-refractivity contribution < 1.29 is 14.1 Å². The van der Waals surface area contributed by atoms with Crippen molar-refractivity contribution in [1.29, 1.82) is 0 Å². The topological polar surface area (TPSA) is 55.6 Å². The van der Waals surface area contributed by atoms with Crippen LogP contribution in [0, 0.1) is 13.8 Å². The molecule has 1 aliphatic rings. The minimum Gasteiger partial charge on any atom is -0.484 e. The SMILES string of the molecule is Cc1ccc(OCC(=O)N2CCc3c(C)noc3C2)cc1. The smallest absolute Gasteiger partial charge is 0.260 e. The van der Waals surface area contributed by atoms with Gasteiger partial charge in [0.1, 0.15) is 5.75 Å². The number of ether oxygens (including phenoxy) is 1. The van der Waals surface area contributed by atoms with Gasteiger partial charge in [-0.25, -0.2) is 0 Å². The summed E-state index contributed by atoms with van der Waals surface area (Å²) in [6.07, 6.45) is 0.793. The highest BCUT2D eigenvalue weighted by Crippen LogP contribution is 2.21. The van der Waals surface area contributed by atoms with Gasteiger partial charge in [-0.1, -0.05) is 22.9 Å². The van der Waals surface area contributed by atoms with E-state index in [1.807, 2.05) is 38.1 Å². The molecule has 0 fully saturated rings. The summed E-state index contributed by atoms with van der Waals surface area (Å²) in [7, 11) is 0. The molecule has 1 amide bonds. The zero-order chi connectivity index (χ0) is 14.8. The number of hydrogen-bond acceptors (Lipinski definition) is 4. The molecule has 0 bridgehead atoms. The summed E-state index contributed by atoms with van der Waals surface area (Å²) in [6, 6.07) is 7.67. The fourth-order valence-corrected chi connectivity index (χ4v) is 2.46. The van der Waals surface area contributed by atoms with Gasteiger partial charge in [-0.3, -0.25) is 4.79 Å². The average Bonchev–Trinajstić information content (AvgIpc) is 2.87. The van der Waals surface area contributed by atoms with Gasteiger partial charge in [-0.15, -0.1) is 0 Å². The molecule has 110 valence electrons. The Labute approximate surface area is 123 Å². The van der Waals surface area contributed by atoms with Crippen LogP contribution in [0.25, 0.3) is 0 Å². The standard InChI is InChI=1S/C16H18N2O3/c1-11-3-5-13(6-4-11)20-10-16(19)18-8-7-14-12(2)17-21-15(14)9-18/h3-6H,7-10H2,1-2H3. The average molecular weight is 286 g/mol. The molecule has 2 aromatic rings. The Morgan fingerprint density at radius 1 is 1.33 bits per heavy atom. The molecule has 0 saturated carbocycles. The first kappa shape index (κ1) is 13.7. The Balaban J connectivity index is 1.58. The molecule has 0 aliphatic carbocycles. The Bertz CT molecular complexity index is 646. The molecule has 1 aromatic carbocycles. The number of rotatable bonds is 3. The summed E-state index contributed by atoms with van der Waals surface area (Å²) in [4.78, 5) is 13.9. The van der Waals surface area contributed by atoms with Crippen molar-refractivity contribution in [2.75, 3.05) is 13.2 Å². The lowest BCUT2D eigenvalue weighted by Gasteiger charge is -2.25. The number of carbonyl (C=O) groups excluding carboxylic acids is 1. The molecule has 21 heavy (non-hydrogen) atoms. The molecule has 1 aliphatic heterocycles. The maximum Gasteiger partial charge on any atom is 0.260 e. The molecule has 5 heteroatoms. The van der Waals surface area contributed by atoms with Crippen molar-refractivity contribution in [3.05, 3.63) is 46.8 Å². The number of fused-ring (bicyclic) bond motifs is 1. The minimum absolute atomic E-state index is 0.0321. The minimum atomic E-state index is -0.0321. The van der Waals surface area contributed by atoms with Crippen LogP contribution in [0.15, 0.2) is 28.8 Å². The summed E-state index contributed by atoms with van der Waals surface area (Å²) >= 11 is 0. The van der Waals surface area contributed by atoms with E-state index in [4.69, 9.17) is 9.26 Å². The maximum absolute atomic E-state index is 12.2. The molecule has 1 aromatic heterocycles. The fourth-order valence-electron chi connectivity index (χ4n) is 2.46. The Morgan fingerprint density at radius 2 is 2.10 bits per heavy atom. The van der Waals surface area contributed by atoms with Crippen LogP contribution in [0.1, 0.15) is 22.6 Å². The van der Waals surface area contributed by atoms with Crippen LogP contribution in [-0.4, -0.2) is 29.1 Å². The number of carbonyl (C=O) groups is 1. The van der Waals surface area contributed by atoms with Gasteiger partial charge in [0.05, 0.1) is 12.2 Å². The highest BCUT2D eigenvalue weighted by atomic mass is 16.5. The van der Waals surface area contributed by atoms with Gasteiger partial charge >= 0.3 is 0 Å². The van der Waals surface area contributed by atoms with Gasteiger partial charge in [0.15, 0.2) is 12.4 Å². The molecule has 5 nitrogen and oxygen atoms in total. The number of aromatic nitrogens is 1. The molecule has 0 saturated heterocycles. The Hall–Kier alpha value is -2.30. The second-order valence-corrected chi connectivity index (χ2v) is 5.34. The van der Waals surface area contributed by atoms with Crippen molar-refractivity contribution >= 4 is 5.91 Å². The third kappa shape index (κ3) is 2.91. The first-order chi connectivity index (χ1) is 10.1. The third-order valence-corrected chi connectivity index (χ3v) is 3.77. The predicted molar refractivity (Wildman–Crippen MR) is 77.0 cm³/mol. The van der Waals surface area contributed by atoms with Crippen LogP contribution < -0.4 is 4.74 Å². The molecule has 0 atom stereocenters. The maximum atomic E-state index is 12.2. The Morgan fingerprint density at radius 3 is 2.86 bits per heavy atom. The number of hydrogen-bond donors (Lipinski definition) is 0. The summed E-state index contributed by atoms with van der Waals surface area (Å²) < 4.78 is 10.8. The zero-order valence-electron chi connectivity index (χ0n) is 12.3. The molecule has 2 heterocycles. The van der Waals surface area contributed by atoms with Crippen LogP contribution in [0.4, 0.5) is 0 Å². The van der Waals surface area contributed by atoms with Crippen LogP contribution >= 0.6 is 0 Å². The first-order valence-electron chi connectivity index (χ1n) is 7.05. The normalized spacial score (nSPS) is 13.9. The number of aryl methyl sites for hydroxylation is 2. The summed E-state index contributed by atoms with van der Waals surface area (Å²) in [5.74, 6) is 1.47. The fraction of sp³-hybridized carbons (Fsp3) is 0.375. The largest absolute Gasteiger partial charge is 0.484 e. The lowest BCUT2D eigenvalue weighted by molar-refractivity contribution is -0.134. The van der Waals surface area contributed by atoms with Gasteiger partial charge in [-0.05, 0) is 32.4 Å². The van der Waals surface area contributed by atoms with Gasteiger partial charge < -0.3 is 14.2 Å². The van der Waals surface area contributed by atoms with E-state index in [1.165, 1.54) is 0 Å². The van der Waals surface area contributed by atoms with Crippen LogP contribution in [0.3, 0.4) is 0 Å². The number of nitrogens with zero attached hydrogens (tertiary/aromatic N) is 2. The second-order valence-electron chi connectivity index (χ2n) is 5.34. The molecular formula is C16H18N2O3. The van der Waals surface area contributed by atoms with E-state index in [2.05, 4.69) is 5.16 Å². The lowest BCUT2D eigenvalue weighted by Crippen LogP contribution is -2.38. The summed E-state index contributed by atoms with van der Waals surface area (Å²) in [5.41, 5.74) is 3.23. The highest BCUT2D eigenvalue weighted by Gasteiger charge is 2.25. The van der Waals surface area contributed by atoms with Gasteiger partial charge in [-0.2, -0.15) is 0 Å². The molecule has 0 spiro atoms. The predicted octanol–water partition coefficient (Wildman–Crippen LogP) is 2.26. The first-order valence-corrected chi connectivity index (χ1v) is 7.05. The van der Waals surface area contributed by atoms with E-state index in [-0.39, 0.29) is 12.5 Å².